The molecule has 0 bridgehead atoms. The normalized spacial score (nSPS) is 11.0. The number of nitrogen functional groups attached to an aromatic ring is 1. The van der Waals surface area contributed by atoms with Gasteiger partial charge in [0.2, 0.25) is 5.82 Å². The zero-order valence-electron chi connectivity index (χ0n) is 10.9. The predicted octanol–water partition coefficient (Wildman–Crippen LogP) is 3.13. The van der Waals surface area contributed by atoms with Gasteiger partial charge in [0.15, 0.2) is 0 Å². The van der Waals surface area contributed by atoms with Crippen molar-refractivity contribution in [2.45, 2.75) is 0 Å². The zero-order chi connectivity index (χ0) is 14.2. The van der Waals surface area contributed by atoms with E-state index < -0.39 is 0 Å². The number of hydrogen-bond donors (Lipinski definition) is 1. The number of aromatic nitrogens is 3. The Bertz CT molecular complexity index is 909. The lowest BCUT2D eigenvalue weighted by Crippen LogP contribution is -1.88. The molecule has 0 saturated carbocycles. The molecule has 0 amide bonds. The quantitative estimate of drug-likeness (QED) is 0.605. The molecule has 6 heteroatoms. The van der Waals surface area contributed by atoms with Crippen molar-refractivity contribution < 1.29 is 8.94 Å². The number of rotatable bonds is 2. The third kappa shape index (κ3) is 1.93. The Morgan fingerprint density at radius 3 is 2.81 bits per heavy atom. The topological polar surface area (TPSA) is 91.0 Å². The third-order valence-electron chi connectivity index (χ3n) is 3.18. The largest absolute Gasteiger partial charge is 0.464 e. The van der Waals surface area contributed by atoms with Gasteiger partial charge in [0.05, 0.1) is 11.1 Å². The molecule has 4 aromatic rings. The maximum absolute atomic E-state index is 5.56. The SMILES string of the molecule is Nc1ccc(-c2nc(-c3coc4ccccc34)no2)cn1. The molecule has 4 rings (SSSR count). The first-order valence-electron chi connectivity index (χ1n) is 6.33. The molecule has 0 saturated heterocycles. The summed E-state index contributed by atoms with van der Waals surface area (Å²) in [4.78, 5) is 8.39. The van der Waals surface area contributed by atoms with Crippen LogP contribution in [-0.2, 0) is 0 Å². The highest BCUT2D eigenvalue weighted by atomic mass is 16.5. The van der Waals surface area contributed by atoms with Crippen LogP contribution in [0.2, 0.25) is 0 Å². The van der Waals surface area contributed by atoms with E-state index >= 15 is 0 Å². The van der Waals surface area contributed by atoms with Gasteiger partial charge in [0.25, 0.3) is 5.89 Å². The fourth-order valence-electron chi connectivity index (χ4n) is 2.13. The van der Waals surface area contributed by atoms with Crippen LogP contribution in [0, 0.1) is 0 Å². The average Bonchev–Trinajstić information content (AvgIpc) is 3.14. The molecule has 0 fully saturated rings. The number of benzene rings is 1. The van der Waals surface area contributed by atoms with Gasteiger partial charge in [-0.2, -0.15) is 4.98 Å². The monoisotopic (exact) mass is 278 g/mol. The van der Waals surface area contributed by atoms with E-state index in [1.807, 2.05) is 24.3 Å². The van der Waals surface area contributed by atoms with Crippen LogP contribution in [0.1, 0.15) is 0 Å². The Labute approximate surface area is 119 Å². The van der Waals surface area contributed by atoms with Gasteiger partial charge >= 0.3 is 0 Å². The molecule has 2 N–H and O–H groups in total. The second-order valence-electron chi connectivity index (χ2n) is 4.54. The van der Waals surface area contributed by atoms with Crippen molar-refractivity contribution in [1.82, 2.24) is 15.1 Å². The summed E-state index contributed by atoms with van der Waals surface area (Å²) in [5.74, 6) is 1.31. The van der Waals surface area contributed by atoms with Crippen LogP contribution in [0.15, 0.2) is 57.8 Å². The molecule has 0 aliphatic rings. The summed E-state index contributed by atoms with van der Waals surface area (Å²) in [6.07, 6.45) is 3.22. The lowest BCUT2D eigenvalue weighted by atomic mass is 10.2. The Hall–Kier alpha value is -3.15. The number of furan rings is 1. The van der Waals surface area contributed by atoms with Gasteiger partial charge in [-0.05, 0) is 18.2 Å². The first kappa shape index (κ1) is 11.7. The molecule has 21 heavy (non-hydrogen) atoms. The first-order valence-corrected chi connectivity index (χ1v) is 6.33. The number of anilines is 1. The van der Waals surface area contributed by atoms with E-state index in [1.165, 1.54) is 0 Å². The van der Waals surface area contributed by atoms with Crippen molar-refractivity contribution in [2.75, 3.05) is 5.73 Å². The molecular weight excluding hydrogens is 268 g/mol. The van der Waals surface area contributed by atoms with Crippen molar-refractivity contribution >= 4 is 16.8 Å². The number of nitrogens with zero attached hydrogens (tertiary/aromatic N) is 3. The van der Waals surface area contributed by atoms with E-state index in [1.54, 1.807) is 24.6 Å². The summed E-state index contributed by atoms with van der Waals surface area (Å²) in [6.45, 7) is 0. The second-order valence-corrected chi connectivity index (χ2v) is 4.54. The van der Waals surface area contributed by atoms with Gasteiger partial charge in [0, 0.05) is 11.6 Å². The summed E-state index contributed by atoms with van der Waals surface area (Å²) < 4.78 is 10.8. The molecule has 0 radical (unpaired) electrons. The molecule has 3 aromatic heterocycles. The van der Waals surface area contributed by atoms with Crippen LogP contribution in [0.4, 0.5) is 5.82 Å². The van der Waals surface area contributed by atoms with Gasteiger partial charge in [-0.1, -0.05) is 23.4 Å². The van der Waals surface area contributed by atoms with E-state index in [9.17, 15) is 0 Å². The molecule has 1 aromatic carbocycles. The number of nitrogens with two attached hydrogens (primary N) is 1. The highest BCUT2D eigenvalue weighted by Crippen LogP contribution is 2.29. The van der Waals surface area contributed by atoms with Gasteiger partial charge in [0.1, 0.15) is 17.7 Å². The molecule has 0 aliphatic heterocycles. The standard InChI is InChI=1S/C15H10N4O2/c16-13-6-5-9(7-17-13)15-18-14(19-21-15)11-8-20-12-4-2-1-3-10(11)12/h1-8H,(H2,16,17). The van der Waals surface area contributed by atoms with Crippen LogP contribution >= 0.6 is 0 Å². The Kier molecular flexibility index (Phi) is 2.47. The molecule has 6 nitrogen and oxygen atoms in total. The third-order valence-corrected chi connectivity index (χ3v) is 3.18. The Morgan fingerprint density at radius 1 is 1.05 bits per heavy atom. The number of pyridine rings is 1. The van der Waals surface area contributed by atoms with Crippen LogP contribution in [-0.4, -0.2) is 15.1 Å². The zero-order valence-corrected chi connectivity index (χ0v) is 10.9. The van der Waals surface area contributed by atoms with Crippen LogP contribution in [0.3, 0.4) is 0 Å². The van der Waals surface area contributed by atoms with Gasteiger partial charge in [-0.25, -0.2) is 4.98 Å². The van der Waals surface area contributed by atoms with Crippen LogP contribution < -0.4 is 5.73 Å². The molecule has 0 aliphatic carbocycles. The summed E-state index contributed by atoms with van der Waals surface area (Å²) in [5.41, 5.74) is 7.86. The molecule has 0 atom stereocenters. The fourth-order valence-corrected chi connectivity index (χ4v) is 2.13. The first-order chi connectivity index (χ1) is 10.3. The average molecular weight is 278 g/mol. The van der Waals surface area contributed by atoms with Gasteiger partial charge in [-0.15, -0.1) is 0 Å². The van der Waals surface area contributed by atoms with E-state index in [2.05, 4.69) is 15.1 Å². The van der Waals surface area contributed by atoms with Crippen molar-refractivity contribution in [3.05, 3.63) is 48.9 Å². The number of hydrogen-bond acceptors (Lipinski definition) is 6. The second kappa shape index (κ2) is 4.45. The summed E-state index contributed by atoms with van der Waals surface area (Å²) in [6, 6.07) is 11.2. The summed E-state index contributed by atoms with van der Waals surface area (Å²) in [7, 11) is 0. The highest BCUT2D eigenvalue weighted by Gasteiger charge is 2.15. The van der Waals surface area contributed by atoms with E-state index in [-0.39, 0.29) is 0 Å². The number of para-hydroxylation sites is 1. The van der Waals surface area contributed by atoms with Crippen LogP contribution in [0.5, 0.6) is 0 Å². The smallest absolute Gasteiger partial charge is 0.259 e. The fraction of sp³-hybridized carbons (Fsp3) is 0. The van der Waals surface area contributed by atoms with Gasteiger partial charge < -0.3 is 14.7 Å². The predicted molar refractivity (Wildman–Crippen MR) is 77.1 cm³/mol. The molecular formula is C15H10N4O2. The van der Waals surface area contributed by atoms with Crippen molar-refractivity contribution in [2.24, 2.45) is 0 Å². The van der Waals surface area contributed by atoms with Crippen molar-refractivity contribution in [1.29, 1.82) is 0 Å². The minimum Gasteiger partial charge on any atom is -0.464 e. The number of fused-ring (bicyclic) bond motifs is 1. The lowest BCUT2D eigenvalue weighted by molar-refractivity contribution is 0.432. The Balaban J connectivity index is 1.79. The lowest BCUT2D eigenvalue weighted by Gasteiger charge is -1.93. The van der Waals surface area contributed by atoms with Crippen molar-refractivity contribution in [3.63, 3.8) is 0 Å². The molecule has 102 valence electrons. The minimum absolute atomic E-state index is 0.391. The maximum Gasteiger partial charge on any atom is 0.259 e. The van der Waals surface area contributed by atoms with E-state index in [0.717, 1.165) is 22.1 Å². The molecule has 0 unspecified atom stereocenters. The highest BCUT2D eigenvalue weighted by molar-refractivity contribution is 5.92. The van der Waals surface area contributed by atoms with Gasteiger partial charge in [-0.3, -0.25) is 0 Å². The molecule has 0 spiro atoms. The van der Waals surface area contributed by atoms with E-state index in [4.69, 9.17) is 14.7 Å². The van der Waals surface area contributed by atoms with E-state index in [0.29, 0.717) is 17.5 Å². The van der Waals surface area contributed by atoms with Crippen LogP contribution in [0.25, 0.3) is 33.8 Å². The minimum atomic E-state index is 0.391. The van der Waals surface area contributed by atoms with Crippen molar-refractivity contribution in [3.8, 4) is 22.8 Å². The maximum atomic E-state index is 5.56. The Morgan fingerprint density at radius 2 is 1.95 bits per heavy atom. The molecule has 3 heterocycles. The summed E-state index contributed by atoms with van der Waals surface area (Å²) >= 11 is 0. The summed E-state index contributed by atoms with van der Waals surface area (Å²) in [5, 5.41) is 4.95.